The third kappa shape index (κ3) is 5.70. The molecule has 2 aromatic carbocycles. The van der Waals surface area contributed by atoms with Crippen molar-refractivity contribution in [2.45, 2.75) is 119 Å². The number of hydrogen-bond donors (Lipinski definition) is 2. The van der Waals surface area contributed by atoms with E-state index in [1.54, 1.807) is 0 Å². The molecule has 2 amide bonds. The average molecular weight is 691 g/mol. The Hall–Kier alpha value is -3.36. The average Bonchev–Trinajstić information content (AvgIpc) is 3.92. The van der Waals surface area contributed by atoms with Gasteiger partial charge in [0.25, 0.3) is 0 Å². The zero-order chi connectivity index (χ0) is 35.1. The van der Waals surface area contributed by atoms with Crippen molar-refractivity contribution in [2.75, 3.05) is 26.2 Å². The Morgan fingerprint density at radius 3 is 1.49 bits per heavy atom. The molecule has 8 nitrogen and oxygen atoms in total. The molecule has 2 saturated heterocycles. The minimum Gasteiger partial charge on any atom is -0.366 e. The van der Waals surface area contributed by atoms with Crippen molar-refractivity contribution in [3.05, 3.63) is 69.8 Å². The van der Waals surface area contributed by atoms with Crippen LogP contribution in [0, 0.1) is 23.7 Å². The molecule has 0 spiro atoms. The number of primary amides is 2. The van der Waals surface area contributed by atoms with Gasteiger partial charge in [-0.3, -0.25) is 29.0 Å². The summed E-state index contributed by atoms with van der Waals surface area (Å²) in [6, 6.07) is 13.1. The Kier molecular flexibility index (Phi) is 8.30. The van der Waals surface area contributed by atoms with Crippen LogP contribution in [-0.4, -0.2) is 71.4 Å². The second-order valence-corrected chi connectivity index (χ2v) is 17.8. The van der Waals surface area contributed by atoms with E-state index in [9.17, 15) is 19.2 Å². The van der Waals surface area contributed by atoms with Gasteiger partial charge in [0.2, 0.25) is 11.8 Å². The molecule has 6 atom stereocenters. The topological polar surface area (TPSA) is 127 Å². The molecule has 4 bridgehead atoms. The quantitative estimate of drug-likeness (QED) is 0.426. The van der Waals surface area contributed by atoms with Crippen LogP contribution in [0.1, 0.15) is 126 Å². The van der Waals surface area contributed by atoms with Crippen LogP contribution in [0.4, 0.5) is 0 Å². The van der Waals surface area contributed by atoms with E-state index < -0.39 is 0 Å². The molecule has 4 saturated carbocycles. The number of hydrogen-bond acceptors (Lipinski definition) is 6. The maximum atomic E-state index is 12.5. The summed E-state index contributed by atoms with van der Waals surface area (Å²) in [5, 5.41) is 0. The summed E-state index contributed by atoms with van der Waals surface area (Å²) < 4.78 is 0. The van der Waals surface area contributed by atoms with Crippen LogP contribution >= 0.6 is 0 Å². The van der Waals surface area contributed by atoms with Crippen molar-refractivity contribution in [3.63, 3.8) is 0 Å². The molecule has 6 aliphatic carbocycles. The number of benzene rings is 2. The number of ketones is 2. The number of carbonyl (C=O) groups is 4. The van der Waals surface area contributed by atoms with Gasteiger partial charge in [0.05, 0.1) is 0 Å². The highest BCUT2D eigenvalue weighted by Gasteiger charge is 2.57. The van der Waals surface area contributed by atoms with Gasteiger partial charge >= 0.3 is 0 Å². The number of rotatable bonds is 6. The van der Waals surface area contributed by atoms with E-state index in [0.717, 1.165) is 76.3 Å². The van der Waals surface area contributed by atoms with Gasteiger partial charge in [0, 0.05) is 72.8 Å². The van der Waals surface area contributed by atoms with Crippen molar-refractivity contribution in [1.29, 1.82) is 0 Å². The Morgan fingerprint density at radius 2 is 1.10 bits per heavy atom. The molecule has 2 aromatic rings. The van der Waals surface area contributed by atoms with E-state index in [1.807, 2.05) is 24.3 Å². The first-order valence-corrected chi connectivity index (χ1v) is 20.0. The van der Waals surface area contributed by atoms with Crippen molar-refractivity contribution < 1.29 is 19.2 Å². The number of fused-ring (bicyclic) bond motifs is 2. The first kappa shape index (κ1) is 33.5. The molecule has 6 fully saturated rings. The van der Waals surface area contributed by atoms with Crippen molar-refractivity contribution in [3.8, 4) is 0 Å². The first-order valence-electron chi connectivity index (χ1n) is 20.0. The lowest BCUT2D eigenvalue weighted by Crippen LogP contribution is -2.62. The normalized spacial score (nSPS) is 34.1. The predicted molar refractivity (Wildman–Crippen MR) is 195 cm³/mol. The lowest BCUT2D eigenvalue weighted by atomic mass is 9.52. The van der Waals surface area contributed by atoms with Crippen LogP contribution in [-0.2, 0) is 33.3 Å². The summed E-state index contributed by atoms with van der Waals surface area (Å²) in [6.45, 7) is 4.65. The van der Waals surface area contributed by atoms with E-state index in [4.69, 9.17) is 11.5 Å². The van der Waals surface area contributed by atoms with Gasteiger partial charge in [0.1, 0.15) is 11.6 Å². The monoisotopic (exact) mass is 690 g/mol. The van der Waals surface area contributed by atoms with Gasteiger partial charge in [-0.05, 0) is 147 Å². The van der Waals surface area contributed by atoms with Gasteiger partial charge in [0.15, 0.2) is 0 Å². The van der Waals surface area contributed by atoms with Crippen molar-refractivity contribution in [2.24, 2.45) is 35.1 Å². The van der Waals surface area contributed by atoms with Gasteiger partial charge in [-0.25, -0.2) is 0 Å². The number of likely N-dealkylation sites (tertiary alicyclic amines) is 2. The smallest absolute Gasteiger partial charge is 0.248 e. The van der Waals surface area contributed by atoms with Crippen LogP contribution in [0.2, 0.25) is 0 Å². The second-order valence-electron chi connectivity index (χ2n) is 17.8. The largest absolute Gasteiger partial charge is 0.366 e. The van der Waals surface area contributed by atoms with Crippen LogP contribution in [0.3, 0.4) is 0 Å². The van der Waals surface area contributed by atoms with E-state index >= 15 is 0 Å². The summed E-state index contributed by atoms with van der Waals surface area (Å²) in [6.07, 6.45) is 15.9. The zero-order valence-electron chi connectivity index (χ0n) is 30.0. The summed E-state index contributed by atoms with van der Waals surface area (Å²) >= 11 is 0. The number of amides is 2. The Balaban J connectivity index is 0.000000137. The first-order chi connectivity index (χ1) is 24.6. The van der Waals surface area contributed by atoms with Gasteiger partial charge in [-0.15, -0.1) is 0 Å². The summed E-state index contributed by atoms with van der Waals surface area (Å²) in [5.41, 5.74) is 17.3. The molecule has 8 heteroatoms. The van der Waals surface area contributed by atoms with Gasteiger partial charge in [-0.1, -0.05) is 18.6 Å². The number of nitrogens with zero attached hydrogens (tertiary/aromatic N) is 2. The Bertz CT molecular complexity index is 1780. The lowest BCUT2D eigenvalue weighted by molar-refractivity contribution is -0.128. The van der Waals surface area contributed by atoms with Crippen molar-refractivity contribution >= 4 is 23.4 Å². The van der Waals surface area contributed by atoms with E-state index in [-0.39, 0.29) is 22.6 Å². The molecule has 8 aliphatic rings. The number of nitrogens with two attached hydrogens (primary N) is 2. The standard InChI is InChI=1S/C22H28N2O2.C21H26N2O2/c23-21(26)16-5-4-15-11-20-18-7-6-17(25)12-22(18,19(15)10-16)8-9-24(20)13-14-2-1-3-14;22-20(25)15-4-3-14-10-19-17-6-5-16(24)11-21(17,18(14)9-15)7-8-23(19)12-13-1-2-13/h4-5,10,14,18,20H,1-3,6-9,11-13H2,(H2,23,26);3-4,9,13,17,19H,1-2,5-8,10-12H2,(H2,22,25). The maximum Gasteiger partial charge on any atom is 0.248 e. The van der Waals surface area contributed by atoms with Crippen LogP contribution in [0.15, 0.2) is 36.4 Å². The van der Waals surface area contributed by atoms with Crippen molar-refractivity contribution in [1.82, 2.24) is 9.80 Å². The maximum absolute atomic E-state index is 12.5. The number of carbonyl (C=O) groups excluding carboxylic acids is 4. The Morgan fingerprint density at radius 1 is 0.647 bits per heavy atom. The summed E-state index contributed by atoms with van der Waals surface area (Å²) in [7, 11) is 0. The van der Waals surface area contributed by atoms with Crippen LogP contribution in [0.5, 0.6) is 0 Å². The zero-order valence-corrected chi connectivity index (χ0v) is 30.0. The number of Topliss-reactive ketones (excluding diaryl/α,β-unsaturated/α-hetero) is 2. The summed E-state index contributed by atoms with van der Waals surface area (Å²) in [5.74, 6) is 2.92. The third-order valence-electron chi connectivity index (χ3n) is 15.1. The summed E-state index contributed by atoms with van der Waals surface area (Å²) in [4.78, 5) is 53.8. The highest BCUT2D eigenvalue weighted by Crippen LogP contribution is 2.57. The molecule has 0 aromatic heterocycles. The Labute approximate surface area is 302 Å². The van der Waals surface area contributed by atoms with Gasteiger partial charge < -0.3 is 11.5 Å². The minimum absolute atomic E-state index is 0.0565. The minimum atomic E-state index is -0.369. The van der Waals surface area contributed by atoms with Crippen LogP contribution in [0.25, 0.3) is 0 Å². The molecule has 2 heterocycles. The third-order valence-corrected chi connectivity index (χ3v) is 15.1. The van der Waals surface area contributed by atoms with E-state index in [0.29, 0.717) is 59.5 Å². The lowest BCUT2D eigenvalue weighted by Gasteiger charge is -2.59. The molecule has 51 heavy (non-hydrogen) atoms. The SMILES string of the molecule is NC(=O)c1ccc2c(c1)C13CCN(CC4CC4)C(C2)C1CCC(=O)C3.NC(=O)c1ccc2c(c1)C13CCN(CC4CCC4)C(C2)C1CCC(=O)C3. The fourth-order valence-electron chi connectivity index (χ4n) is 12.2. The molecular formula is C43H54N4O4. The van der Waals surface area contributed by atoms with E-state index in [1.165, 1.54) is 67.4 Å². The molecule has 6 unspecified atom stereocenters. The molecule has 2 aliphatic heterocycles. The highest BCUT2D eigenvalue weighted by atomic mass is 16.1. The molecule has 10 rings (SSSR count). The van der Waals surface area contributed by atoms with Crippen LogP contribution < -0.4 is 11.5 Å². The molecule has 4 N–H and O–H groups in total. The van der Waals surface area contributed by atoms with E-state index in [2.05, 4.69) is 21.9 Å². The molecular weight excluding hydrogens is 636 g/mol. The highest BCUT2D eigenvalue weighted by molar-refractivity contribution is 5.94. The molecule has 270 valence electrons. The fourth-order valence-corrected chi connectivity index (χ4v) is 12.2. The fraction of sp³-hybridized carbons (Fsp3) is 0.628. The predicted octanol–water partition coefficient (Wildman–Crippen LogP) is 5.26. The molecule has 0 radical (unpaired) electrons. The second kappa shape index (κ2) is 12.6. The van der Waals surface area contributed by atoms with Gasteiger partial charge in [-0.2, -0.15) is 0 Å². The number of piperidine rings is 2.